The first-order chi connectivity index (χ1) is 10.9. The smallest absolute Gasteiger partial charge is 0.339 e. The van der Waals surface area contributed by atoms with Crippen LogP contribution >= 0.6 is 0 Å². The molecule has 0 spiro atoms. The molecule has 0 saturated carbocycles. The Labute approximate surface area is 135 Å². The molecule has 120 valence electrons. The zero-order valence-electron chi connectivity index (χ0n) is 12.8. The summed E-state index contributed by atoms with van der Waals surface area (Å²) >= 11 is 0. The van der Waals surface area contributed by atoms with Gasteiger partial charge >= 0.3 is 10.1 Å². The van der Waals surface area contributed by atoms with Gasteiger partial charge in [-0.3, -0.25) is 4.79 Å². The largest absolute Gasteiger partial charge is 0.496 e. The van der Waals surface area contributed by atoms with E-state index in [1.807, 2.05) is 0 Å². The lowest BCUT2D eigenvalue weighted by Gasteiger charge is -2.12. The van der Waals surface area contributed by atoms with E-state index in [2.05, 4.69) is 0 Å². The van der Waals surface area contributed by atoms with Gasteiger partial charge in [0.25, 0.3) is 0 Å². The lowest BCUT2D eigenvalue weighted by Crippen LogP contribution is -2.11. The third-order valence-electron chi connectivity index (χ3n) is 3.89. The van der Waals surface area contributed by atoms with Crippen LogP contribution < -0.4 is 8.92 Å². The van der Waals surface area contributed by atoms with Gasteiger partial charge in [-0.05, 0) is 43.2 Å². The minimum atomic E-state index is -3.97. The molecule has 0 radical (unpaired) electrons. The van der Waals surface area contributed by atoms with Gasteiger partial charge in [0.05, 0.1) is 7.11 Å². The number of fused-ring (bicyclic) bond motifs is 1. The summed E-state index contributed by atoms with van der Waals surface area (Å²) in [6, 6.07) is 9.43. The highest BCUT2D eigenvalue weighted by Gasteiger charge is 2.26. The minimum Gasteiger partial charge on any atom is -0.496 e. The summed E-state index contributed by atoms with van der Waals surface area (Å²) in [4.78, 5) is 11.8. The number of carbonyl (C=O) groups is 1. The van der Waals surface area contributed by atoms with Crippen LogP contribution in [0.4, 0.5) is 0 Å². The van der Waals surface area contributed by atoms with Crippen molar-refractivity contribution in [1.82, 2.24) is 0 Å². The Bertz CT molecular complexity index is 884. The molecule has 0 aromatic heterocycles. The topological polar surface area (TPSA) is 69.7 Å². The summed E-state index contributed by atoms with van der Waals surface area (Å²) in [5.74, 6) is 0.847. The lowest BCUT2D eigenvalue weighted by molar-refractivity contribution is 0.0994. The van der Waals surface area contributed by atoms with E-state index in [0.717, 1.165) is 0 Å². The number of ketones is 1. The van der Waals surface area contributed by atoms with E-state index in [0.29, 0.717) is 35.3 Å². The fourth-order valence-electron chi connectivity index (χ4n) is 2.71. The van der Waals surface area contributed by atoms with Crippen molar-refractivity contribution in [2.75, 3.05) is 7.11 Å². The van der Waals surface area contributed by atoms with E-state index in [-0.39, 0.29) is 16.4 Å². The van der Waals surface area contributed by atoms with Crippen LogP contribution in [0, 0.1) is 6.92 Å². The Hall–Kier alpha value is -2.34. The van der Waals surface area contributed by atoms with Gasteiger partial charge in [0, 0.05) is 17.5 Å². The quantitative estimate of drug-likeness (QED) is 0.805. The fourth-order valence-corrected chi connectivity index (χ4v) is 3.75. The van der Waals surface area contributed by atoms with E-state index in [4.69, 9.17) is 8.92 Å². The highest BCUT2D eigenvalue weighted by atomic mass is 32.2. The molecule has 1 aliphatic carbocycles. The van der Waals surface area contributed by atoms with Gasteiger partial charge in [-0.15, -0.1) is 0 Å². The lowest BCUT2D eigenvalue weighted by atomic mass is 10.1. The summed E-state index contributed by atoms with van der Waals surface area (Å²) in [5, 5.41) is 0. The third kappa shape index (κ3) is 2.82. The first-order valence-electron chi connectivity index (χ1n) is 7.16. The van der Waals surface area contributed by atoms with Crippen LogP contribution in [0.3, 0.4) is 0 Å². The van der Waals surface area contributed by atoms with Gasteiger partial charge in [-0.2, -0.15) is 8.42 Å². The zero-order chi connectivity index (χ0) is 16.6. The summed E-state index contributed by atoms with van der Waals surface area (Å²) in [6.07, 6.45) is 0.888. The Morgan fingerprint density at radius 3 is 2.52 bits per heavy atom. The number of hydrogen-bond acceptors (Lipinski definition) is 5. The molecule has 0 saturated heterocycles. The molecule has 6 heteroatoms. The van der Waals surface area contributed by atoms with E-state index < -0.39 is 10.1 Å². The van der Waals surface area contributed by atoms with Crippen molar-refractivity contribution in [3.63, 3.8) is 0 Å². The number of carbonyl (C=O) groups excluding carboxylic acids is 1. The summed E-state index contributed by atoms with van der Waals surface area (Å²) in [6.45, 7) is 1.76. The van der Waals surface area contributed by atoms with E-state index >= 15 is 0 Å². The average Bonchev–Trinajstić information content (AvgIpc) is 2.90. The Balaban J connectivity index is 1.97. The minimum absolute atomic E-state index is 0.0168. The maximum Gasteiger partial charge on any atom is 0.339 e. The zero-order valence-corrected chi connectivity index (χ0v) is 13.6. The number of Topliss-reactive ketones (excluding diaryl/α,β-unsaturated/α-hetero) is 1. The summed E-state index contributed by atoms with van der Waals surface area (Å²) in [5.41, 5.74) is 1.90. The van der Waals surface area contributed by atoms with E-state index in [9.17, 15) is 13.2 Å². The molecule has 0 heterocycles. The van der Waals surface area contributed by atoms with Gasteiger partial charge in [-0.1, -0.05) is 12.1 Å². The van der Waals surface area contributed by atoms with Gasteiger partial charge < -0.3 is 8.92 Å². The highest BCUT2D eigenvalue weighted by Crippen LogP contribution is 2.32. The number of ether oxygens (including phenoxy) is 1. The molecule has 2 aromatic carbocycles. The highest BCUT2D eigenvalue weighted by molar-refractivity contribution is 7.87. The van der Waals surface area contributed by atoms with Crippen molar-refractivity contribution in [1.29, 1.82) is 0 Å². The van der Waals surface area contributed by atoms with Crippen molar-refractivity contribution < 1.29 is 22.1 Å². The van der Waals surface area contributed by atoms with Crippen LogP contribution in [-0.4, -0.2) is 21.3 Å². The molecular weight excluding hydrogens is 316 g/mol. The predicted molar refractivity (Wildman–Crippen MR) is 84.6 cm³/mol. The van der Waals surface area contributed by atoms with Crippen LogP contribution in [-0.2, 0) is 16.5 Å². The van der Waals surface area contributed by atoms with Crippen molar-refractivity contribution >= 4 is 15.9 Å². The van der Waals surface area contributed by atoms with Crippen LogP contribution in [0.5, 0.6) is 11.5 Å². The first kappa shape index (κ1) is 15.6. The Kier molecular flexibility index (Phi) is 3.85. The number of hydrogen-bond donors (Lipinski definition) is 0. The standard InChI is InChI=1S/C17H16O5S/c1-11-10-12(6-9-16(11)21-2)23(19,20)22-17-5-3-4-13-14(17)7-8-15(13)18/h3-6,9-10H,7-8H2,1-2H3. The molecule has 0 atom stereocenters. The molecular formula is C17H16O5S. The second-order valence-electron chi connectivity index (χ2n) is 5.37. The second-order valence-corrected chi connectivity index (χ2v) is 6.92. The van der Waals surface area contributed by atoms with Crippen molar-refractivity contribution in [2.24, 2.45) is 0 Å². The van der Waals surface area contributed by atoms with Crippen LogP contribution in [0.1, 0.15) is 27.9 Å². The van der Waals surface area contributed by atoms with Crippen LogP contribution in [0.25, 0.3) is 0 Å². The van der Waals surface area contributed by atoms with Gasteiger partial charge in [0.15, 0.2) is 5.78 Å². The Morgan fingerprint density at radius 2 is 1.83 bits per heavy atom. The molecule has 0 bridgehead atoms. The average molecular weight is 332 g/mol. The molecule has 0 amide bonds. The maximum atomic E-state index is 12.5. The normalized spacial score (nSPS) is 13.7. The third-order valence-corrected chi connectivity index (χ3v) is 5.12. The molecule has 0 fully saturated rings. The molecule has 2 aromatic rings. The SMILES string of the molecule is COc1ccc(S(=O)(=O)Oc2cccc3c2CCC3=O)cc1C. The van der Waals surface area contributed by atoms with Crippen molar-refractivity contribution in [3.8, 4) is 11.5 Å². The maximum absolute atomic E-state index is 12.5. The van der Waals surface area contributed by atoms with E-state index in [1.54, 1.807) is 31.2 Å². The monoisotopic (exact) mass is 332 g/mol. The number of rotatable bonds is 4. The van der Waals surface area contributed by atoms with Gasteiger partial charge in [0.2, 0.25) is 0 Å². The fraction of sp³-hybridized carbons (Fsp3) is 0.235. The number of aryl methyl sites for hydroxylation is 1. The first-order valence-corrected chi connectivity index (χ1v) is 8.57. The second kappa shape index (κ2) is 5.70. The molecule has 0 N–H and O–H groups in total. The van der Waals surface area contributed by atoms with Crippen LogP contribution in [0.2, 0.25) is 0 Å². The van der Waals surface area contributed by atoms with E-state index in [1.165, 1.54) is 19.2 Å². The number of methoxy groups -OCH3 is 1. The molecule has 0 aliphatic heterocycles. The molecule has 5 nitrogen and oxygen atoms in total. The number of benzene rings is 2. The summed E-state index contributed by atoms with van der Waals surface area (Å²) in [7, 11) is -2.44. The Morgan fingerprint density at radius 1 is 1.04 bits per heavy atom. The molecule has 1 aliphatic rings. The summed E-state index contributed by atoms with van der Waals surface area (Å²) < 4.78 is 35.4. The van der Waals surface area contributed by atoms with Gasteiger partial charge in [-0.25, -0.2) is 0 Å². The van der Waals surface area contributed by atoms with Gasteiger partial charge in [0.1, 0.15) is 16.4 Å². The van der Waals surface area contributed by atoms with Crippen molar-refractivity contribution in [2.45, 2.75) is 24.7 Å². The van der Waals surface area contributed by atoms with Crippen LogP contribution in [0.15, 0.2) is 41.3 Å². The predicted octanol–water partition coefficient (Wildman–Crippen LogP) is 2.90. The van der Waals surface area contributed by atoms with Crippen molar-refractivity contribution in [3.05, 3.63) is 53.1 Å². The molecule has 23 heavy (non-hydrogen) atoms. The molecule has 0 unspecified atom stereocenters. The molecule has 3 rings (SSSR count).